The largest absolute Gasteiger partial charge is 0.279 e. The van der Waals surface area contributed by atoms with Crippen LogP contribution in [-0.4, -0.2) is 13.4 Å². The van der Waals surface area contributed by atoms with Crippen molar-refractivity contribution in [2.45, 2.75) is 24.5 Å². The van der Waals surface area contributed by atoms with E-state index in [2.05, 4.69) is 9.71 Å². The Hall–Kier alpha value is -1.41. The zero-order chi connectivity index (χ0) is 17.3. The molecular formula is C16H15ClN2O2S3. The lowest BCUT2D eigenvalue weighted by Crippen LogP contribution is -2.12. The number of aromatic nitrogens is 1. The molecular weight excluding hydrogens is 384 g/mol. The molecule has 3 aromatic rings. The Bertz CT molecular complexity index is 977. The molecule has 0 atom stereocenters. The van der Waals surface area contributed by atoms with Crippen LogP contribution in [0.3, 0.4) is 0 Å². The summed E-state index contributed by atoms with van der Waals surface area (Å²) in [6.45, 7) is 3.82. The van der Waals surface area contributed by atoms with Gasteiger partial charge in [0.05, 0.1) is 16.3 Å². The number of sulfonamides is 1. The fraction of sp³-hybridized carbons (Fsp3) is 0.188. The number of rotatable bonds is 5. The number of halogens is 1. The molecule has 1 aromatic carbocycles. The molecule has 0 bridgehead atoms. The topological polar surface area (TPSA) is 59.1 Å². The number of thiazole rings is 1. The van der Waals surface area contributed by atoms with Crippen LogP contribution in [0.5, 0.6) is 0 Å². The Balaban J connectivity index is 1.89. The summed E-state index contributed by atoms with van der Waals surface area (Å²) in [5.74, 6) is 0. The van der Waals surface area contributed by atoms with E-state index >= 15 is 0 Å². The van der Waals surface area contributed by atoms with Gasteiger partial charge in [0.15, 0.2) is 0 Å². The van der Waals surface area contributed by atoms with E-state index in [4.69, 9.17) is 11.6 Å². The highest BCUT2D eigenvalue weighted by atomic mass is 35.5. The molecule has 0 saturated carbocycles. The Morgan fingerprint density at radius 3 is 2.75 bits per heavy atom. The van der Waals surface area contributed by atoms with Gasteiger partial charge in [-0.15, -0.1) is 22.7 Å². The van der Waals surface area contributed by atoms with Gasteiger partial charge in [-0.2, -0.15) is 0 Å². The smallest absolute Gasteiger partial charge is 0.271 e. The van der Waals surface area contributed by atoms with Crippen molar-refractivity contribution in [3.8, 4) is 9.88 Å². The molecule has 8 heteroatoms. The van der Waals surface area contributed by atoms with Crippen LogP contribution < -0.4 is 4.72 Å². The number of hydrogen-bond donors (Lipinski definition) is 1. The summed E-state index contributed by atoms with van der Waals surface area (Å²) in [5.41, 5.74) is 2.20. The van der Waals surface area contributed by atoms with Crippen molar-refractivity contribution in [1.29, 1.82) is 0 Å². The molecule has 3 rings (SSSR count). The second-order valence-corrected chi connectivity index (χ2v) is 9.39. The first-order valence-electron chi connectivity index (χ1n) is 7.23. The molecule has 1 N–H and O–H groups in total. The van der Waals surface area contributed by atoms with Gasteiger partial charge in [0.2, 0.25) is 0 Å². The van der Waals surface area contributed by atoms with Crippen LogP contribution in [0, 0.1) is 6.92 Å². The number of nitrogens with zero attached hydrogens (tertiary/aromatic N) is 1. The van der Waals surface area contributed by atoms with Gasteiger partial charge in [-0.25, -0.2) is 13.4 Å². The highest BCUT2D eigenvalue weighted by Crippen LogP contribution is 2.34. The minimum absolute atomic E-state index is 0.255. The predicted molar refractivity (Wildman–Crippen MR) is 102 cm³/mol. The van der Waals surface area contributed by atoms with Crippen molar-refractivity contribution in [1.82, 2.24) is 4.98 Å². The van der Waals surface area contributed by atoms with Gasteiger partial charge in [0, 0.05) is 10.4 Å². The van der Waals surface area contributed by atoms with Crippen molar-refractivity contribution < 1.29 is 8.42 Å². The third-order valence-corrected chi connectivity index (χ3v) is 7.90. The van der Waals surface area contributed by atoms with E-state index in [1.54, 1.807) is 37.3 Å². The molecule has 0 aliphatic rings. The van der Waals surface area contributed by atoms with Crippen LogP contribution in [0.15, 0.2) is 39.9 Å². The fourth-order valence-electron chi connectivity index (χ4n) is 2.08. The van der Waals surface area contributed by atoms with Crippen molar-refractivity contribution in [3.63, 3.8) is 0 Å². The molecule has 0 unspecified atom stereocenters. The van der Waals surface area contributed by atoms with Gasteiger partial charge < -0.3 is 0 Å². The predicted octanol–water partition coefficient (Wildman–Crippen LogP) is 5.20. The number of anilines is 1. The molecule has 0 spiro atoms. The Labute approximate surface area is 154 Å². The van der Waals surface area contributed by atoms with E-state index in [9.17, 15) is 8.42 Å². The highest BCUT2D eigenvalue weighted by Gasteiger charge is 2.19. The Kier molecular flexibility index (Phi) is 4.96. The molecule has 24 heavy (non-hydrogen) atoms. The normalized spacial score (nSPS) is 11.6. The quantitative estimate of drug-likeness (QED) is 0.642. The molecule has 0 aliphatic heterocycles. The highest BCUT2D eigenvalue weighted by molar-refractivity contribution is 7.94. The van der Waals surface area contributed by atoms with Gasteiger partial charge in [-0.3, -0.25) is 4.72 Å². The fourth-order valence-corrected chi connectivity index (χ4v) is 5.65. The Morgan fingerprint density at radius 2 is 2.04 bits per heavy atom. The zero-order valence-electron chi connectivity index (χ0n) is 13.0. The summed E-state index contributed by atoms with van der Waals surface area (Å²) < 4.78 is 28.1. The van der Waals surface area contributed by atoms with Crippen molar-refractivity contribution >= 4 is 50.0 Å². The van der Waals surface area contributed by atoms with Gasteiger partial charge in [0.1, 0.15) is 9.22 Å². The summed E-state index contributed by atoms with van der Waals surface area (Å²) in [6.07, 6.45) is 0.864. The zero-order valence-corrected chi connectivity index (χ0v) is 16.2. The lowest BCUT2D eigenvalue weighted by molar-refractivity contribution is 0.603. The third-order valence-electron chi connectivity index (χ3n) is 3.48. The average molecular weight is 399 g/mol. The van der Waals surface area contributed by atoms with Crippen LogP contribution >= 0.6 is 34.3 Å². The molecule has 2 aromatic heterocycles. The second-order valence-electron chi connectivity index (χ2n) is 5.13. The lowest BCUT2D eigenvalue weighted by Gasteiger charge is -2.10. The number of thiophene rings is 1. The van der Waals surface area contributed by atoms with Crippen LogP contribution in [0.25, 0.3) is 9.88 Å². The first kappa shape index (κ1) is 17.4. The van der Waals surface area contributed by atoms with Gasteiger partial charge in [0.25, 0.3) is 10.0 Å². The maximum absolute atomic E-state index is 12.6. The summed E-state index contributed by atoms with van der Waals surface area (Å²) in [7, 11) is -3.65. The second kappa shape index (κ2) is 6.84. The van der Waals surface area contributed by atoms with E-state index in [-0.39, 0.29) is 4.21 Å². The molecule has 126 valence electrons. The maximum atomic E-state index is 12.6. The minimum atomic E-state index is -3.65. The van der Waals surface area contributed by atoms with Crippen LogP contribution in [0.2, 0.25) is 5.02 Å². The molecule has 0 fully saturated rings. The Morgan fingerprint density at radius 1 is 1.25 bits per heavy atom. The molecule has 0 amide bonds. The van der Waals surface area contributed by atoms with E-state index < -0.39 is 10.0 Å². The summed E-state index contributed by atoms with van der Waals surface area (Å²) in [5, 5.41) is 3.37. The van der Waals surface area contributed by atoms with Crippen LogP contribution in [0.1, 0.15) is 18.2 Å². The lowest BCUT2D eigenvalue weighted by atomic mass is 10.2. The average Bonchev–Trinajstić information content (AvgIpc) is 3.20. The number of hydrogen-bond acceptors (Lipinski definition) is 5. The minimum Gasteiger partial charge on any atom is -0.279 e. The number of benzene rings is 1. The van der Waals surface area contributed by atoms with Crippen molar-refractivity contribution in [2.24, 2.45) is 0 Å². The van der Waals surface area contributed by atoms with Gasteiger partial charge in [-0.05, 0) is 43.2 Å². The van der Waals surface area contributed by atoms with Crippen molar-refractivity contribution in [3.05, 3.63) is 52.0 Å². The number of aryl methyl sites for hydroxylation is 1. The van der Waals surface area contributed by atoms with Crippen molar-refractivity contribution in [2.75, 3.05) is 4.72 Å². The van der Waals surface area contributed by atoms with E-state index in [0.717, 1.165) is 22.0 Å². The van der Waals surface area contributed by atoms with Crippen LogP contribution in [-0.2, 0) is 16.4 Å². The van der Waals surface area contributed by atoms with Crippen LogP contribution in [0.4, 0.5) is 5.69 Å². The van der Waals surface area contributed by atoms with E-state index in [0.29, 0.717) is 16.3 Å². The summed E-state index contributed by atoms with van der Waals surface area (Å²) in [6, 6.07) is 8.54. The monoisotopic (exact) mass is 398 g/mol. The van der Waals surface area contributed by atoms with E-state index in [1.165, 1.54) is 22.7 Å². The number of nitrogens with one attached hydrogen (secondary N) is 1. The molecule has 0 saturated heterocycles. The SMILES string of the molecule is CCc1csc(-c2ccc(S(=O)(=O)Nc3cccc(Cl)c3C)s2)n1. The summed E-state index contributed by atoms with van der Waals surface area (Å²) >= 11 is 8.79. The summed E-state index contributed by atoms with van der Waals surface area (Å²) in [4.78, 5) is 5.35. The maximum Gasteiger partial charge on any atom is 0.271 e. The third kappa shape index (κ3) is 3.49. The first-order chi connectivity index (χ1) is 11.4. The first-order valence-corrected chi connectivity index (χ1v) is 10.8. The van der Waals surface area contributed by atoms with Gasteiger partial charge >= 0.3 is 0 Å². The molecule has 0 radical (unpaired) electrons. The molecule has 0 aliphatic carbocycles. The van der Waals surface area contributed by atoms with Gasteiger partial charge in [-0.1, -0.05) is 24.6 Å². The van der Waals surface area contributed by atoms with E-state index in [1.807, 2.05) is 12.3 Å². The molecule has 4 nitrogen and oxygen atoms in total. The standard InChI is InChI=1S/C16H15ClN2O2S3/c1-3-11-9-22-16(18-11)14-7-8-15(23-14)24(20,21)19-13-6-4-5-12(17)10(13)2/h4-9,19H,3H2,1-2H3. The molecule has 2 heterocycles.